The predicted octanol–water partition coefficient (Wildman–Crippen LogP) is 4.28. The van der Waals surface area contributed by atoms with Crippen LogP contribution in [0.25, 0.3) is 10.9 Å². The Labute approximate surface area is 169 Å². The number of amides is 1. The van der Waals surface area contributed by atoms with Gasteiger partial charge in [-0.3, -0.25) is 4.79 Å². The predicted molar refractivity (Wildman–Crippen MR) is 112 cm³/mol. The Morgan fingerprint density at radius 1 is 1.21 bits per heavy atom. The molecule has 150 valence electrons. The highest BCUT2D eigenvalue weighted by Crippen LogP contribution is 2.38. The number of carbonyl (C=O) groups is 1. The number of anilines is 1. The first kappa shape index (κ1) is 19.1. The molecule has 0 aliphatic carbocycles. The quantitative estimate of drug-likeness (QED) is 0.678. The summed E-state index contributed by atoms with van der Waals surface area (Å²) in [5.74, 6) is 1.73. The highest BCUT2D eigenvalue weighted by Gasteiger charge is 2.22. The molecule has 3 aromatic rings. The van der Waals surface area contributed by atoms with Crippen LogP contribution in [0, 0.1) is 6.92 Å². The fourth-order valence-corrected chi connectivity index (χ4v) is 3.48. The molecule has 0 fully saturated rings. The molecule has 29 heavy (non-hydrogen) atoms. The minimum atomic E-state index is -0.276. The molecule has 0 saturated carbocycles. The third-order valence-electron chi connectivity index (χ3n) is 4.75. The average molecular weight is 392 g/mol. The first-order chi connectivity index (χ1) is 14.0. The number of rotatable bonds is 6. The molecule has 2 aromatic carbocycles. The SMILES string of the molecule is CCOc1cc2c(cc1NC(=O)COc1cccc3ccc(C)nc13)O[C@@H](C)C2. The van der Waals surface area contributed by atoms with Crippen LogP contribution in [0.15, 0.2) is 42.5 Å². The lowest BCUT2D eigenvalue weighted by Crippen LogP contribution is -2.21. The van der Waals surface area contributed by atoms with Crippen molar-refractivity contribution in [2.75, 3.05) is 18.5 Å². The van der Waals surface area contributed by atoms with Crippen LogP contribution < -0.4 is 19.5 Å². The summed E-state index contributed by atoms with van der Waals surface area (Å²) in [6, 6.07) is 13.4. The Hall–Kier alpha value is -3.28. The van der Waals surface area contributed by atoms with Crippen molar-refractivity contribution in [3.05, 3.63) is 53.7 Å². The van der Waals surface area contributed by atoms with Crippen LogP contribution in [-0.2, 0) is 11.2 Å². The Morgan fingerprint density at radius 2 is 2.07 bits per heavy atom. The van der Waals surface area contributed by atoms with Gasteiger partial charge in [-0.1, -0.05) is 18.2 Å². The summed E-state index contributed by atoms with van der Waals surface area (Å²) in [6.07, 6.45) is 0.955. The van der Waals surface area contributed by atoms with E-state index in [0.717, 1.165) is 34.3 Å². The monoisotopic (exact) mass is 392 g/mol. The first-order valence-electron chi connectivity index (χ1n) is 9.79. The fourth-order valence-electron chi connectivity index (χ4n) is 3.48. The molecule has 1 aliphatic heterocycles. The lowest BCUT2D eigenvalue weighted by atomic mass is 10.1. The van der Waals surface area contributed by atoms with Gasteiger partial charge < -0.3 is 19.5 Å². The molecule has 0 radical (unpaired) electrons. The van der Waals surface area contributed by atoms with Crippen LogP contribution in [0.4, 0.5) is 5.69 Å². The second kappa shape index (κ2) is 7.99. The molecule has 0 bridgehead atoms. The van der Waals surface area contributed by atoms with Gasteiger partial charge >= 0.3 is 0 Å². The van der Waals surface area contributed by atoms with Crippen LogP contribution in [0.5, 0.6) is 17.2 Å². The number of hydrogen-bond donors (Lipinski definition) is 1. The molecule has 1 amide bonds. The third-order valence-corrected chi connectivity index (χ3v) is 4.75. The topological polar surface area (TPSA) is 69.7 Å². The summed E-state index contributed by atoms with van der Waals surface area (Å²) in [7, 11) is 0. The number of carbonyl (C=O) groups excluding carboxylic acids is 1. The molecule has 1 aliphatic rings. The first-order valence-corrected chi connectivity index (χ1v) is 9.79. The molecule has 4 rings (SSSR count). The van der Waals surface area contributed by atoms with E-state index in [9.17, 15) is 4.79 Å². The number of aromatic nitrogens is 1. The zero-order chi connectivity index (χ0) is 20.4. The smallest absolute Gasteiger partial charge is 0.262 e. The summed E-state index contributed by atoms with van der Waals surface area (Å²) in [4.78, 5) is 17.1. The van der Waals surface area contributed by atoms with Gasteiger partial charge in [0.05, 0.1) is 12.3 Å². The largest absolute Gasteiger partial charge is 0.492 e. The summed E-state index contributed by atoms with van der Waals surface area (Å²) in [5.41, 5.74) is 3.31. The van der Waals surface area contributed by atoms with Gasteiger partial charge in [0.2, 0.25) is 0 Å². The van der Waals surface area contributed by atoms with Crippen molar-refractivity contribution in [1.82, 2.24) is 4.98 Å². The van der Waals surface area contributed by atoms with Crippen molar-refractivity contribution in [2.24, 2.45) is 0 Å². The molecule has 2 heterocycles. The van der Waals surface area contributed by atoms with E-state index in [1.807, 2.05) is 63.2 Å². The van der Waals surface area contributed by atoms with Crippen LogP contribution >= 0.6 is 0 Å². The molecular weight excluding hydrogens is 368 g/mol. The summed E-state index contributed by atoms with van der Waals surface area (Å²) < 4.78 is 17.3. The molecule has 1 aromatic heterocycles. The minimum absolute atomic E-state index is 0.121. The number of nitrogens with one attached hydrogen (secondary N) is 1. The van der Waals surface area contributed by atoms with Crippen LogP contribution in [0.2, 0.25) is 0 Å². The number of nitrogens with zero attached hydrogens (tertiary/aromatic N) is 1. The van der Waals surface area contributed by atoms with Gasteiger partial charge in [-0.25, -0.2) is 4.98 Å². The Morgan fingerprint density at radius 3 is 2.90 bits per heavy atom. The van der Waals surface area contributed by atoms with Crippen LogP contribution in [0.1, 0.15) is 25.1 Å². The summed E-state index contributed by atoms with van der Waals surface area (Å²) in [5, 5.41) is 3.85. The second-order valence-corrected chi connectivity index (χ2v) is 7.14. The van der Waals surface area contributed by atoms with Crippen LogP contribution in [0.3, 0.4) is 0 Å². The zero-order valence-corrected chi connectivity index (χ0v) is 16.8. The maximum absolute atomic E-state index is 12.6. The van der Waals surface area contributed by atoms with Gasteiger partial charge in [-0.2, -0.15) is 0 Å². The molecule has 0 saturated heterocycles. The van der Waals surface area contributed by atoms with Crippen molar-refractivity contribution in [3.63, 3.8) is 0 Å². The van der Waals surface area contributed by atoms with E-state index in [1.54, 1.807) is 0 Å². The molecule has 0 unspecified atom stereocenters. The van der Waals surface area contributed by atoms with Gasteiger partial charge in [0, 0.05) is 29.1 Å². The Balaban J connectivity index is 1.49. The molecule has 1 N–H and O–H groups in total. The Kier molecular flexibility index (Phi) is 5.25. The number of para-hydroxylation sites is 1. The maximum Gasteiger partial charge on any atom is 0.262 e. The highest BCUT2D eigenvalue weighted by molar-refractivity contribution is 5.94. The Bertz CT molecular complexity index is 1060. The summed E-state index contributed by atoms with van der Waals surface area (Å²) >= 11 is 0. The van der Waals surface area contributed by atoms with Gasteiger partial charge in [0.25, 0.3) is 5.91 Å². The molecular formula is C23H24N2O4. The summed E-state index contributed by atoms with van der Waals surface area (Å²) in [6.45, 7) is 6.24. The lowest BCUT2D eigenvalue weighted by Gasteiger charge is -2.14. The van der Waals surface area contributed by atoms with Crippen molar-refractivity contribution < 1.29 is 19.0 Å². The molecule has 6 heteroatoms. The minimum Gasteiger partial charge on any atom is -0.492 e. The van der Waals surface area contributed by atoms with E-state index in [1.165, 1.54) is 0 Å². The maximum atomic E-state index is 12.6. The highest BCUT2D eigenvalue weighted by atomic mass is 16.5. The number of hydrogen-bond acceptors (Lipinski definition) is 5. The van der Waals surface area contributed by atoms with E-state index in [-0.39, 0.29) is 18.6 Å². The molecule has 6 nitrogen and oxygen atoms in total. The van der Waals surface area contributed by atoms with E-state index >= 15 is 0 Å². The normalized spacial score (nSPS) is 14.9. The number of ether oxygens (including phenoxy) is 3. The molecule has 0 spiro atoms. The number of fused-ring (bicyclic) bond motifs is 2. The lowest BCUT2D eigenvalue weighted by molar-refractivity contribution is -0.118. The second-order valence-electron chi connectivity index (χ2n) is 7.14. The third kappa shape index (κ3) is 4.11. The van der Waals surface area contributed by atoms with E-state index in [0.29, 0.717) is 23.8 Å². The zero-order valence-electron chi connectivity index (χ0n) is 16.8. The number of pyridine rings is 1. The van der Waals surface area contributed by atoms with Gasteiger partial charge in [-0.05, 0) is 39.0 Å². The van der Waals surface area contributed by atoms with Gasteiger partial charge in [0.15, 0.2) is 6.61 Å². The van der Waals surface area contributed by atoms with E-state index in [2.05, 4.69) is 10.3 Å². The van der Waals surface area contributed by atoms with Gasteiger partial charge in [0.1, 0.15) is 28.9 Å². The van der Waals surface area contributed by atoms with Crippen molar-refractivity contribution in [3.8, 4) is 17.2 Å². The standard InChI is InChI=1S/C23H24N2O4/c1-4-27-21-11-17-10-15(3)29-20(17)12-18(21)25-22(26)13-28-19-7-5-6-16-9-8-14(2)24-23(16)19/h5-9,11-12,15H,4,10,13H2,1-3H3,(H,25,26)/t15-/m0/s1. The van der Waals surface area contributed by atoms with Crippen molar-refractivity contribution in [2.45, 2.75) is 33.3 Å². The van der Waals surface area contributed by atoms with Crippen molar-refractivity contribution >= 4 is 22.5 Å². The number of benzene rings is 2. The van der Waals surface area contributed by atoms with Gasteiger partial charge in [-0.15, -0.1) is 0 Å². The average Bonchev–Trinajstić information content (AvgIpc) is 3.05. The molecule has 1 atom stereocenters. The van der Waals surface area contributed by atoms with E-state index in [4.69, 9.17) is 14.2 Å². The fraction of sp³-hybridized carbons (Fsp3) is 0.304. The number of aryl methyl sites for hydroxylation is 1. The van der Waals surface area contributed by atoms with Crippen molar-refractivity contribution in [1.29, 1.82) is 0 Å². The van der Waals surface area contributed by atoms with Crippen LogP contribution in [-0.4, -0.2) is 30.2 Å². The van der Waals surface area contributed by atoms with E-state index < -0.39 is 0 Å².